The van der Waals surface area contributed by atoms with Gasteiger partial charge in [0.1, 0.15) is 0 Å². The van der Waals surface area contributed by atoms with E-state index < -0.39 is 0 Å². The van der Waals surface area contributed by atoms with Crippen LogP contribution in [0.15, 0.2) is 36.4 Å². The predicted octanol–water partition coefficient (Wildman–Crippen LogP) is 4.75. The highest BCUT2D eigenvalue weighted by Crippen LogP contribution is 2.34. The van der Waals surface area contributed by atoms with E-state index in [1.165, 1.54) is 11.1 Å². The fourth-order valence-electron chi connectivity index (χ4n) is 2.61. The fraction of sp³-hybridized carbons (Fsp3) is 0.294. The standard InChI is InChI=1S/C17H20Cl2N2/c1-11-7-12(2)9-13(8-11)21(3)16(10-20)14-5-4-6-15(18)17(14)19/h4-9,16H,10,20H2,1-3H3. The van der Waals surface area contributed by atoms with Crippen molar-refractivity contribution in [2.24, 2.45) is 5.73 Å². The SMILES string of the molecule is Cc1cc(C)cc(N(C)C(CN)c2cccc(Cl)c2Cl)c1. The van der Waals surface area contributed by atoms with Crippen molar-refractivity contribution in [2.75, 3.05) is 18.5 Å². The molecule has 2 N–H and O–H groups in total. The van der Waals surface area contributed by atoms with E-state index in [9.17, 15) is 0 Å². The molecule has 0 amide bonds. The van der Waals surface area contributed by atoms with Crippen LogP contribution >= 0.6 is 23.2 Å². The van der Waals surface area contributed by atoms with Gasteiger partial charge in [-0.05, 0) is 48.7 Å². The van der Waals surface area contributed by atoms with Crippen molar-refractivity contribution >= 4 is 28.9 Å². The molecular weight excluding hydrogens is 303 g/mol. The molecule has 21 heavy (non-hydrogen) atoms. The molecule has 2 aromatic rings. The zero-order chi connectivity index (χ0) is 15.6. The molecule has 2 aromatic carbocycles. The van der Waals surface area contributed by atoms with Gasteiger partial charge in [-0.3, -0.25) is 0 Å². The lowest BCUT2D eigenvalue weighted by atomic mass is 10.0. The smallest absolute Gasteiger partial charge is 0.0676 e. The molecular formula is C17H20Cl2N2. The van der Waals surface area contributed by atoms with Gasteiger partial charge in [-0.15, -0.1) is 0 Å². The van der Waals surface area contributed by atoms with Crippen molar-refractivity contribution in [1.82, 2.24) is 0 Å². The Kier molecular flexibility index (Phi) is 5.15. The van der Waals surface area contributed by atoms with Gasteiger partial charge >= 0.3 is 0 Å². The van der Waals surface area contributed by atoms with Gasteiger partial charge in [-0.25, -0.2) is 0 Å². The van der Waals surface area contributed by atoms with Gasteiger partial charge in [0.15, 0.2) is 0 Å². The topological polar surface area (TPSA) is 29.3 Å². The summed E-state index contributed by atoms with van der Waals surface area (Å²) in [6.45, 7) is 4.64. The number of likely N-dealkylation sites (N-methyl/N-ethyl adjacent to an activating group) is 1. The molecule has 0 radical (unpaired) electrons. The third-order valence-corrected chi connectivity index (χ3v) is 4.48. The van der Waals surface area contributed by atoms with Crippen LogP contribution in [0.4, 0.5) is 5.69 Å². The molecule has 112 valence electrons. The summed E-state index contributed by atoms with van der Waals surface area (Å²) in [5, 5.41) is 1.13. The van der Waals surface area contributed by atoms with E-state index in [0.29, 0.717) is 16.6 Å². The second-order valence-corrected chi connectivity index (χ2v) is 6.14. The summed E-state index contributed by atoms with van der Waals surface area (Å²) in [5.74, 6) is 0. The second-order valence-electron chi connectivity index (χ2n) is 5.35. The van der Waals surface area contributed by atoms with Crippen molar-refractivity contribution < 1.29 is 0 Å². The number of hydrogen-bond acceptors (Lipinski definition) is 2. The van der Waals surface area contributed by atoms with Crippen LogP contribution in [0.1, 0.15) is 22.7 Å². The molecule has 0 saturated carbocycles. The van der Waals surface area contributed by atoms with Crippen molar-refractivity contribution in [2.45, 2.75) is 19.9 Å². The zero-order valence-electron chi connectivity index (χ0n) is 12.5. The molecule has 0 saturated heterocycles. The summed E-state index contributed by atoms with van der Waals surface area (Å²) in [6, 6.07) is 12.1. The third-order valence-electron chi connectivity index (χ3n) is 3.64. The molecule has 0 heterocycles. The van der Waals surface area contributed by atoms with Crippen molar-refractivity contribution in [3.63, 3.8) is 0 Å². The first kappa shape index (κ1) is 16.2. The summed E-state index contributed by atoms with van der Waals surface area (Å²) in [7, 11) is 2.03. The van der Waals surface area contributed by atoms with Crippen LogP contribution in [-0.4, -0.2) is 13.6 Å². The molecule has 0 fully saturated rings. The molecule has 1 unspecified atom stereocenters. The lowest BCUT2D eigenvalue weighted by Gasteiger charge is -2.31. The quantitative estimate of drug-likeness (QED) is 0.880. The largest absolute Gasteiger partial charge is 0.366 e. The fourth-order valence-corrected chi connectivity index (χ4v) is 3.04. The van der Waals surface area contributed by atoms with Crippen LogP contribution in [0.2, 0.25) is 10.0 Å². The van der Waals surface area contributed by atoms with Crippen LogP contribution in [0.3, 0.4) is 0 Å². The highest BCUT2D eigenvalue weighted by atomic mass is 35.5. The molecule has 0 aliphatic heterocycles. The third kappa shape index (κ3) is 3.52. The van der Waals surface area contributed by atoms with Gasteiger partial charge in [0.05, 0.1) is 16.1 Å². The van der Waals surface area contributed by atoms with Crippen molar-refractivity contribution in [3.8, 4) is 0 Å². The summed E-state index contributed by atoms with van der Waals surface area (Å²) < 4.78 is 0. The van der Waals surface area contributed by atoms with E-state index in [4.69, 9.17) is 28.9 Å². The van der Waals surface area contributed by atoms with Crippen LogP contribution in [0, 0.1) is 13.8 Å². The number of halogens is 2. The van der Waals surface area contributed by atoms with E-state index in [0.717, 1.165) is 11.3 Å². The summed E-state index contributed by atoms with van der Waals surface area (Å²) in [6.07, 6.45) is 0. The normalized spacial score (nSPS) is 12.3. The molecule has 0 spiro atoms. The summed E-state index contributed by atoms with van der Waals surface area (Å²) in [4.78, 5) is 2.15. The number of rotatable bonds is 4. The molecule has 2 rings (SSSR count). The first-order valence-corrected chi connectivity index (χ1v) is 7.64. The summed E-state index contributed by atoms with van der Waals surface area (Å²) >= 11 is 12.5. The Morgan fingerprint density at radius 3 is 2.29 bits per heavy atom. The second kappa shape index (κ2) is 6.69. The Labute approximate surface area is 136 Å². The van der Waals surface area contributed by atoms with Crippen molar-refractivity contribution in [1.29, 1.82) is 0 Å². The molecule has 0 bridgehead atoms. The molecule has 0 aliphatic rings. The van der Waals surface area contributed by atoms with Gasteiger partial charge in [-0.1, -0.05) is 41.4 Å². The Morgan fingerprint density at radius 1 is 1.10 bits per heavy atom. The molecule has 0 aromatic heterocycles. The Hall–Kier alpha value is -1.22. The number of anilines is 1. The molecule has 0 aliphatic carbocycles. The minimum Gasteiger partial charge on any atom is -0.366 e. The first-order chi connectivity index (χ1) is 9.93. The number of hydrogen-bond donors (Lipinski definition) is 1. The maximum Gasteiger partial charge on any atom is 0.0676 e. The lowest BCUT2D eigenvalue weighted by molar-refractivity contribution is 0.680. The van der Waals surface area contributed by atoms with Crippen LogP contribution in [0.5, 0.6) is 0 Å². The van der Waals surface area contributed by atoms with Crippen LogP contribution < -0.4 is 10.6 Å². The Bertz CT molecular complexity index is 620. The van der Waals surface area contributed by atoms with E-state index in [1.54, 1.807) is 6.07 Å². The molecule has 4 heteroatoms. The number of benzene rings is 2. The maximum atomic E-state index is 6.35. The average Bonchev–Trinajstić information content (AvgIpc) is 2.43. The first-order valence-electron chi connectivity index (χ1n) is 6.89. The number of nitrogens with two attached hydrogens (primary N) is 1. The van der Waals surface area contributed by atoms with E-state index in [2.05, 4.69) is 36.9 Å². The average molecular weight is 323 g/mol. The van der Waals surface area contributed by atoms with Crippen LogP contribution in [-0.2, 0) is 0 Å². The van der Waals surface area contributed by atoms with Gasteiger partial charge < -0.3 is 10.6 Å². The van der Waals surface area contributed by atoms with Crippen molar-refractivity contribution in [3.05, 3.63) is 63.1 Å². The highest BCUT2D eigenvalue weighted by molar-refractivity contribution is 6.42. The van der Waals surface area contributed by atoms with Gasteiger partial charge in [-0.2, -0.15) is 0 Å². The molecule has 1 atom stereocenters. The Balaban J connectivity index is 2.43. The van der Waals surface area contributed by atoms with E-state index in [1.807, 2.05) is 19.2 Å². The number of nitrogens with zero attached hydrogens (tertiary/aromatic N) is 1. The highest BCUT2D eigenvalue weighted by Gasteiger charge is 2.20. The maximum absolute atomic E-state index is 6.35. The van der Waals surface area contributed by atoms with E-state index >= 15 is 0 Å². The van der Waals surface area contributed by atoms with E-state index in [-0.39, 0.29) is 6.04 Å². The number of aryl methyl sites for hydroxylation is 2. The minimum absolute atomic E-state index is 0.0163. The predicted molar refractivity (Wildman–Crippen MR) is 92.6 cm³/mol. The monoisotopic (exact) mass is 322 g/mol. The molecule has 2 nitrogen and oxygen atoms in total. The van der Waals surface area contributed by atoms with Gasteiger partial charge in [0.25, 0.3) is 0 Å². The Morgan fingerprint density at radius 2 is 1.71 bits per heavy atom. The summed E-state index contributed by atoms with van der Waals surface area (Å²) in [5.41, 5.74) is 10.5. The lowest BCUT2D eigenvalue weighted by Crippen LogP contribution is -2.30. The van der Waals surface area contributed by atoms with Gasteiger partial charge in [0.2, 0.25) is 0 Å². The van der Waals surface area contributed by atoms with Crippen LogP contribution in [0.25, 0.3) is 0 Å². The zero-order valence-corrected chi connectivity index (χ0v) is 14.0. The van der Waals surface area contributed by atoms with Gasteiger partial charge in [0, 0.05) is 19.3 Å². The minimum atomic E-state index is -0.0163.